The molecule has 2 heterocycles. The van der Waals surface area contributed by atoms with E-state index in [0.29, 0.717) is 5.16 Å². The first kappa shape index (κ1) is 14.6. The number of aromatic nitrogens is 4. The molecule has 0 fully saturated rings. The topological polar surface area (TPSA) is 94.0 Å². The SMILES string of the molecule is CC(C)[n+]1cc(/N=C(\[O-])CSc2nc3ccccc3[nH]2)on1. The molecule has 3 rings (SSSR count). The zero-order valence-corrected chi connectivity index (χ0v) is 13.0. The molecule has 0 aliphatic rings. The maximum Gasteiger partial charge on any atom is 0.320 e. The van der Waals surface area contributed by atoms with Crippen LogP contribution in [0.1, 0.15) is 19.9 Å². The molecule has 0 aliphatic heterocycles. The number of nitrogens with zero attached hydrogens (tertiary/aromatic N) is 4. The summed E-state index contributed by atoms with van der Waals surface area (Å²) in [6, 6.07) is 7.88. The van der Waals surface area contributed by atoms with Crippen LogP contribution in [-0.4, -0.2) is 26.9 Å². The van der Waals surface area contributed by atoms with E-state index < -0.39 is 0 Å². The van der Waals surface area contributed by atoms with Crippen molar-refractivity contribution in [2.24, 2.45) is 4.99 Å². The highest BCUT2D eigenvalue weighted by molar-refractivity contribution is 7.99. The number of H-pyrrole nitrogens is 1. The van der Waals surface area contributed by atoms with Crippen LogP contribution in [0.2, 0.25) is 0 Å². The first-order valence-corrected chi connectivity index (χ1v) is 7.80. The summed E-state index contributed by atoms with van der Waals surface area (Å²) in [5.74, 6) is 0.101. The van der Waals surface area contributed by atoms with Crippen molar-refractivity contribution in [1.29, 1.82) is 0 Å². The summed E-state index contributed by atoms with van der Waals surface area (Å²) in [5.41, 5.74) is 1.82. The largest absolute Gasteiger partial charge is 0.861 e. The molecule has 0 unspecified atom stereocenters. The summed E-state index contributed by atoms with van der Waals surface area (Å²) in [6.45, 7) is 3.93. The number of imidazole rings is 1. The Hall–Kier alpha value is -2.35. The van der Waals surface area contributed by atoms with Gasteiger partial charge in [-0.05, 0) is 36.6 Å². The highest BCUT2D eigenvalue weighted by Gasteiger charge is 2.13. The minimum Gasteiger partial charge on any atom is -0.861 e. The van der Waals surface area contributed by atoms with Crippen LogP contribution >= 0.6 is 11.8 Å². The van der Waals surface area contributed by atoms with E-state index >= 15 is 0 Å². The Balaban J connectivity index is 1.65. The van der Waals surface area contributed by atoms with Gasteiger partial charge < -0.3 is 10.1 Å². The average molecular weight is 317 g/mol. The Morgan fingerprint density at radius 1 is 1.45 bits per heavy atom. The average Bonchev–Trinajstić information content (AvgIpc) is 3.11. The van der Waals surface area contributed by atoms with E-state index in [0.717, 1.165) is 11.0 Å². The van der Waals surface area contributed by atoms with E-state index in [1.54, 1.807) is 10.9 Å². The molecule has 0 aliphatic carbocycles. The second-order valence-electron chi connectivity index (χ2n) is 4.97. The highest BCUT2D eigenvalue weighted by Crippen LogP contribution is 2.19. The zero-order chi connectivity index (χ0) is 15.5. The van der Waals surface area contributed by atoms with E-state index in [9.17, 15) is 5.11 Å². The predicted octanol–water partition coefficient (Wildman–Crippen LogP) is 1.60. The molecule has 1 N–H and O–H groups in total. The molecule has 0 bridgehead atoms. The van der Waals surface area contributed by atoms with Gasteiger partial charge in [-0.25, -0.2) is 9.98 Å². The number of hydrogen-bond acceptors (Lipinski definition) is 6. The first-order chi connectivity index (χ1) is 10.6. The highest BCUT2D eigenvalue weighted by atomic mass is 32.2. The number of thioether (sulfide) groups is 1. The van der Waals surface area contributed by atoms with Gasteiger partial charge in [0, 0.05) is 5.75 Å². The zero-order valence-electron chi connectivity index (χ0n) is 12.2. The van der Waals surface area contributed by atoms with Gasteiger partial charge in [0.1, 0.15) is 0 Å². The minimum absolute atomic E-state index is 0.160. The van der Waals surface area contributed by atoms with Crippen molar-refractivity contribution in [3.8, 4) is 0 Å². The number of nitrogens with one attached hydrogen (secondary N) is 1. The fourth-order valence-electron chi connectivity index (χ4n) is 1.82. The summed E-state index contributed by atoms with van der Waals surface area (Å²) in [4.78, 5) is 11.4. The lowest BCUT2D eigenvalue weighted by Crippen LogP contribution is -2.36. The van der Waals surface area contributed by atoms with E-state index in [-0.39, 0.29) is 23.6 Å². The number of rotatable bonds is 5. The Bertz CT molecular complexity index is 775. The minimum atomic E-state index is -0.294. The van der Waals surface area contributed by atoms with Crippen molar-refractivity contribution in [1.82, 2.24) is 15.2 Å². The van der Waals surface area contributed by atoms with Crippen LogP contribution in [0.3, 0.4) is 0 Å². The molecule has 114 valence electrons. The van der Waals surface area contributed by atoms with Crippen molar-refractivity contribution < 1.29 is 14.3 Å². The summed E-state index contributed by atoms with van der Waals surface area (Å²) >= 11 is 1.31. The third-order valence-corrected chi connectivity index (χ3v) is 3.79. The monoisotopic (exact) mass is 317 g/mol. The summed E-state index contributed by atoms with van der Waals surface area (Å²) < 4.78 is 6.60. The summed E-state index contributed by atoms with van der Waals surface area (Å²) in [7, 11) is 0. The first-order valence-electron chi connectivity index (χ1n) is 6.82. The maximum atomic E-state index is 11.9. The number of fused-ring (bicyclic) bond motifs is 1. The molecule has 3 aromatic rings. The third kappa shape index (κ3) is 3.28. The Morgan fingerprint density at radius 2 is 2.27 bits per heavy atom. The van der Waals surface area contributed by atoms with Crippen LogP contribution in [0.4, 0.5) is 5.88 Å². The van der Waals surface area contributed by atoms with Gasteiger partial charge in [0.2, 0.25) is 5.27 Å². The van der Waals surface area contributed by atoms with Crippen molar-refractivity contribution in [2.75, 3.05) is 5.75 Å². The molecule has 0 saturated carbocycles. The Morgan fingerprint density at radius 3 is 3.00 bits per heavy atom. The molecule has 0 amide bonds. The molecular formula is C14H15N5O2S. The van der Waals surface area contributed by atoms with Gasteiger partial charge in [0.15, 0.2) is 11.2 Å². The molecule has 7 nitrogen and oxygen atoms in total. The van der Waals surface area contributed by atoms with Crippen LogP contribution in [0.25, 0.3) is 11.0 Å². The van der Waals surface area contributed by atoms with Gasteiger partial charge in [-0.2, -0.15) is 0 Å². The lowest BCUT2D eigenvalue weighted by molar-refractivity contribution is -0.779. The molecule has 0 saturated heterocycles. The second-order valence-corrected chi connectivity index (χ2v) is 5.93. The van der Waals surface area contributed by atoms with Crippen LogP contribution in [-0.2, 0) is 0 Å². The molecule has 0 radical (unpaired) electrons. The molecule has 0 spiro atoms. The lowest BCUT2D eigenvalue weighted by atomic mass is 10.3. The van der Waals surface area contributed by atoms with E-state index in [1.807, 2.05) is 38.1 Å². The van der Waals surface area contributed by atoms with Gasteiger partial charge in [-0.1, -0.05) is 23.9 Å². The summed E-state index contributed by atoms with van der Waals surface area (Å²) in [5, 5.41) is 16.3. The number of hydrogen-bond donors (Lipinski definition) is 1. The van der Waals surface area contributed by atoms with Gasteiger partial charge in [0.05, 0.1) is 11.0 Å². The van der Waals surface area contributed by atoms with Crippen LogP contribution < -0.4 is 9.79 Å². The van der Waals surface area contributed by atoms with Gasteiger partial charge >= 0.3 is 5.88 Å². The normalized spacial score (nSPS) is 12.4. The second kappa shape index (κ2) is 6.18. The molecule has 2 aromatic heterocycles. The fraction of sp³-hybridized carbons (Fsp3) is 0.286. The van der Waals surface area contributed by atoms with Gasteiger partial charge in [-0.3, -0.25) is 4.52 Å². The Labute approximate surface area is 131 Å². The predicted molar refractivity (Wildman–Crippen MR) is 81.0 cm³/mol. The molecule has 1 aromatic carbocycles. The van der Waals surface area contributed by atoms with Crippen LogP contribution in [0, 0.1) is 0 Å². The van der Waals surface area contributed by atoms with Crippen molar-refractivity contribution in [2.45, 2.75) is 25.0 Å². The molecule has 8 heteroatoms. The van der Waals surface area contributed by atoms with Crippen LogP contribution in [0.15, 0.2) is 45.1 Å². The van der Waals surface area contributed by atoms with Crippen molar-refractivity contribution in [3.63, 3.8) is 0 Å². The Kier molecular flexibility index (Phi) is 4.10. The van der Waals surface area contributed by atoms with Crippen molar-refractivity contribution >= 4 is 34.6 Å². The molecular weight excluding hydrogens is 302 g/mol. The smallest absolute Gasteiger partial charge is 0.320 e. The standard InChI is InChI=1S/C14H15N5O2S/c1-9(2)19-7-13(21-18-19)17-12(20)8-22-14-15-10-5-3-4-6-11(10)16-14/h3-7,9H,8H2,1-2H3,(H-,15,16,17,18,20). The maximum absolute atomic E-state index is 11.9. The van der Waals surface area contributed by atoms with E-state index in [1.165, 1.54) is 11.8 Å². The van der Waals surface area contributed by atoms with Crippen molar-refractivity contribution in [3.05, 3.63) is 30.5 Å². The number of benzene rings is 1. The third-order valence-electron chi connectivity index (χ3n) is 2.94. The van der Waals surface area contributed by atoms with Crippen LogP contribution in [0.5, 0.6) is 0 Å². The molecule has 22 heavy (non-hydrogen) atoms. The number of aromatic amines is 1. The fourth-order valence-corrected chi connectivity index (χ4v) is 2.49. The lowest BCUT2D eigenvalue weighted by Gasteiger charge is -2.06. The van der Waals surface area contributed by atoms with Gasteiger partial charge in [0.25, 0.3) is 6.20 Å². The van der Waals surface area contributed by atoms with E-state index in [2.05, 4.69) is 20.2 Å². The van der Waals surface area contributed by atoms with Gasteiger partial charge in [-0.15, -0.1) is 0 Å². The quantitative estimate of drug-likeness (QED) is 0.334. The number of para-hydroxylation sites is 2. The summed E-state index contributed by atoms with van der Waals surface area (Å²) in [6.07, 6.45) is 1.61. The number of aliphatic imine (C=N–C) groups is 1. The molecule has 0 atom stereocenters. The van der Waals surface area contributed by atoms with E-state index in [4.69, 9.17) is 4.52 Å².